The topological polar surface area (TPSA) is 9.23 Å². The minimum Gasteiger partial charge on any atom is -0.438 e. The van der Waals surface area contributed by atoms with E-state index in [0.717, 1.165) is 47.1 Å². The molecule has 0 unspecified atom stereocenters. The van der Waals surface area contributed by atoms with Crippen LogP contribution in [-0.2, 0) is 4.65 Å². The summed E-state index contributed by atoms with van der Waals surface area (Å²) in [5.74, 6) is 7.10. The van der Waals surface area contributed by atoms with Crippen molar-refractivity contribution in [3.8, 4) is 0 Å². The van der Waals surface area contributed by atoms with Gasteiger partial charge in [-0.3, -0.25) is 0 Å². The van der Waals surface area contributed by atoms with Crippen LogP contribution < -0.4 is 0 Å². The number of rotatable bonds is 3. The minimum absolute atomic E-state index is 0.516. The zero-order chi connectivity index (χ0) is 16.7. The van der Waals surface area contributed by atoms with Crippen molar-refractivity contribution in [1.82, 2.24) is 0 Å². The molecule has 0 saturated heterocycles. The molecule has 0 aromatic carbocycles. The van der Waals surface area contributed by atoms with Gasteiger partial charge in [-0.15, -0.1) is 0 Å². The summed E-state index contributed by atoms with van der Waals surface area (Å²) in [6, 6.07) is 0. The van der Waals surface area contributed by atoms with Crippen molar-refractivity contribution >= 4 is 6.92 Å². The van der Waals surface area contributed by atoms with Gasteiger partial charge < -0.3 is 4.65 Å². The Morgan fingerprint density at radius 2 is 1.13 bits per heavy atom. The molecule has 8 atom stereocenters. The van der Waals surface area contributed by atoms with Gasteiger partial charge in [0.2, 0.25) is 0 Å². The maximum absolute atomic E-state index is 6.24. The fraction of sp³-hybridized carbons (Fsp3) is 1.00. The molecule has 23 heavy (non-hydrogen) atoms. The normalized spacial score (nSPS) is 52.3. The van der Waals surface area contributed by atoms with Crippen molar-refractivity contribution in [2.45, 2.75) is 78.9 Å². The van der Waals surface area contributed by atoms with Gasteiger partial charge in [0.25, 0.3) is 6.92 Å². The Balaban J connectivity index is 1.52. The molecule has 6 saturated carbocycles. The van der Waals surface area contributed by atoms with Gasteiger partial charge >= 0.3 is 0 Å². The largest absolute Gasteiger partial charge is 0.438 e. The smallest absolute Gasteiger partial charge is 0.299 e. The van der Waals surface area contributed by atoms with Crippen LogP contribution in [0.2, 0.25) is 11.6 Å². The van der Waals surface area contributed by atoms with Crippen LogP contribution in [0.15, 0.2) is 0 Å². The standard InChI is InChI=1S/C21H37BO/c1-12-16-8-14(20(16,3)4)10-18(12)22(23-7)19-11-15-9-17(13(19)2)21(15,5)6/h12-19H,8-11H2,1-7H3/t12-,13-,14-,15-,16+,17+,18-,19-/m1/s1. The number of hydrogen-bond donors (Lipinski definition) is 0. The van der Waals surface area contributed by atoms with Crippen LogP contribution in [-0.4, -0.2) is 14.0 Å². The van der Waals surface area contributed by atoms with Crippen molar-refractivity contribution < 1.29 is 4.65 Å². The molecule has 6 fully saturated rings. The maximum Gasteiger partial charge on any atom is 0.299 e. The van der Waals surface area contributed by atoms with Gasteiger partial charge in [0.1, 0.15) is 0 Å². The van der Waals surface area contributed by atoms with Gasteiger partial charge in [0.05, 0.1) is 0 Å². The summed E-state index contributed by atoms with van der Waals surface area (Å²) in [6.07, 6.45) is 5.81. The molecular formula is C21H37BO. The molecule has 0 N–H and O–H groups in total. The molecule has 0 heterocycles. The quantitative estimate of drug-likeness (QED) is 0.601. The lowest BCUT2D eigenvalue weighted by molar-refractivity contribution is -0.110. The van der Waals surface area contributed by atoms with E-state index in [0.29, 0.717) is 17.7 Å². The summed E-state index contributed by atoms with van der Waals surface area (Å²) >= 11 is 0. The van der Waals surface area contributed by atoms with E-state index in [1.165, 1.54) is 25.7 Å². The van der Waals surface area contributed by atoms with Crippen LogP contribution in [0.3, 0.4) is 0 Å². The highest BCUT2D eigenvalue weighted by molar-refractivity contribution is 6.55. The summed E-state index contributed by atoms with van der Waals surface area (Å²) in [6.45, 7) is 15.7. The summed E-state index contributed by atoms with van der Waals surface area (Å²) < 4.78 is 6.24. The zero-order valence-corrected chi connectivity index (χ0v) is 16.4. The molecule has 6 aliphatic carbocycles. The van der Waals surface area contributed by atoms with Gasteiger partial charge in [0, 0.05) is 7.11 Å². The van der Waals surface area contributed by atoms with E-state index in [2.05, 4.69) is 41.5 Å². The van der Waals surface area contributed by atoms with E-state index in [-0.39, 0.29) is 0 Å². The summed E-state index contributed by atoms with van der Waals surface area (Å²) in [5.41, 5.74) is 1.19. The van der Waals surface area contributed by atoms with Gasteiger partial charge in [-0.05, 0) is 70.8 Å². The van der Waals surface area contributed by atoms with Crippen LogP contribution in [0, 0.1) is 46.3 Å². The molecule has 2 heteroatoms. The second-order valence-corrected chi connectivity index (χ2v) is 10.9. The fourth-order valence-corrected chi connectivity index (χ4v) is 7.91. The lowest BCUT2D eigenvalue weighted by Crippen LogP contribution is -2.60. The average molecular weight is 316 g/mol. The van der Waals surface area contributed by atoms with Crippen LogP contribution in [0.4, 0.5) is 0 Å². The second kappa shape index (κ2) is 5.02. The monoisotopic (exact) mass is 316 g/mol. The third-order valence-electron chi connectivity index (χ3n) is 9.94. The zero-order valence-electron chi connectivity index (χ0n) is 16.4. The summed E-state index contributed by atoms with van der Waals surface area (Å²) in [4.78, 5) is 0. The van der Waals surface area contributed by atoms with E-state index in [1.807, 2.05) is 7.11 Å². The van der Waals surface area contributed by atoms with E-state index < -0.39 is 0 Å². The molecule has 1 nitrogen and oxygen atoms in total. The van der Waals surface area contributed by atoms with Crippen LogP contribution in [0.25, 0.3) is 0 Å². The van der Waals surface area contributed by atoms with Crippen LogP contribution >= 0.6 is 0 Å². The van der Waals surface area contributed by atoms with Gasteiger partial charge in [0.15, 0.2) is 0 Å². The van der Waals surface area contributed by atoms with Crippen LogP contribution in [0.5, 0.6) is 0 Å². The highest BCUT2D eigenvalue weighted by Crippen LogP contribution is 2.69. The molecule has 0 aliphatic heterocycles. The first-order chi connectivity index (χ1) is 10.7. The lowest BCUT2D eigenvalue weighted by Gasteiger charge is -2.65. The van der Waals surface area contributed by atoms with E-state index in [1.54, 1.807) is 0 Å². The van der Waals surface area contributed by atoms with Crippen molar-refractivity contribution in [3.63, 3.8) is 0 Å². The van der Waals surface area contributed by atoms with E-state index >= 15 is 0 Å². The highest BCUT2D eigenvalue weighted by Gasteiger charge is 2.62. The van der Waals surface area contributed by atoms with Gasteiger partial charge in [-0.1, -0.05) is 54.4 Å². The second-order valence-electron chi connectivity index (χ2n) is 10.9. The van der Waals surface area contributed by atoms with Crippen molar-refractivity contribution in [2.24, 2.45) is 46.3 Å². The Hall–Kier alpha value is 0.0249. The Morgan fingerprint density at radius 1 is 0.739 bits per heavy atom. The SMILES string of the molecule is COB([C@@H]1C[C@H]2C[C@@H]([C@H]1C)C2(C)C)[C@@H]1C[C@H]2C[C@@H]([C@H]1C)C2(C)C. The van der Waals surface area contributed by atoms with Gasteiger partial charge in [-0.2, -0.15) is 0 Å². The predicted octanol–water partition coefficient (Wildman–Crippen LogP) is 5.77. The molecule has 6 rings (SSSR count). The molecule has 4 bridgehead atoms. The molecular weight excluding hydrogens is 279 g/mol. The maximum atomic E-state index is 6.24. The van der Waals surface area contributed by atoms with Gasteiger partial charge in [-0.25, -0.2) is 0 Å². The molecule has 0 aromatic heterocycles. The molecule has 0 spiro atoms. The first kappa shape index (κ1) is 16.5. The highest BCUT2D eigenvalue weighted by atomic mass is 16.4. The molecule has 130 valence electrons. The molecule has 0 amide bonds. The number of fused-ring (bicyclic) bond motifs is 4. The molecule has 0 radical (unpaired) electrons. The van der Waals surface area contributed by atoms with E-state index in [9.17, 15) is 0 Å². The van der Waals surface area contributed by atoms with Crippen LogP contribution in [0.1, 0.15) is 67.2 Å². The lowest BCUT2D eigenvalue weighted by atomic mass is 9.27. The Labute approximate surface area is 144 Å². The Bertz CT molecular complexity index is 442. The Morgan fingerprint density at radius 3 is 1.39 bits per heavy atom. The summed E-state index contributed by atoms with van der Waals surface area (Å²) in [7, 11) is 2.00. The Kier molecular flexibility index (Phi) is 3.60. The van der Waals surface area contributed by atoms with Crippen molar-refractivity contribution in [1.29, 1.82) is 0 Å². The van der Waals surface area contributed by atoms with E-state index in [4.69, 9.17) is 4.65 Å². The first-order valence-corrected chi connectivity index (χ1v) is 10.2. The predicted molar refractivity (Wildman–Crippen MR) is 98.6 cm³/mol. The average Bonchev–Trinajstić information content (AvgIpc) is 2.49. The molecule has 6 aliphatic rings. The fourth-order valence-electron chi connectivity index (χ4n) is 7.91. The minimum atomic E-state index is 0.516. The first-order valence-electron chi connectivity index (χ1n) is 10.2. The summed E-state index contributed by atoms with van der Waals surface area (Å²) in [5, 5.41) is 0. The number of hydrogen-bond acceptors (Lipinski definition) is 1. The third kappa shape index (κ3) is 2.03. The van der Waals surface area contributed by atoms with Crippen molar-refractivity contribution in [3.05, 3.63) is 0 Å². The molecule has 0 aromatic rings. The van der Waals surface area contributed by atoms with Crippen molar-refractivity contribution in [2.75, 3.05) is 7.11 Å². The third-order valence-corrected chi connectivity index (χ3v) is 9.94.